The van der Waals surface area contributed by atoms with Gasteiger partial charge in [0.25, 0.3) is 0 Å². The molecule has 104 valence electrons. The number of hydrogen-bond donors (Lipinski definition) is 1. The van der Waals surface area contributed by atoms with Crippen LogP contribution in [0.2, 0.25) is 0 Å². The van der Waals surface area contributed by atoms with Crippen LogP contribution in [0.3, 0.4) is 0 Å². The maximum absolute atomic E-state index is 5.83. The Kier molecular flexibility index (Phi) is 4.16. The van der Waals surface area contributed by atoms with E-state index in [9.17, 15) is 0 Å². The molecule has 0 amide bonds. The third-order valence-corrected chi connectivity index (χ3v) is 4.46. The molecule has 2 aliphatic heterocycles. The Morgan fingerprint density at radius 2 is 2.21 bits per heavy atom. The van der Waals surface area contributed by atoms with Gasteiger partial charge in [0.15, 0.2) is 0 Å². The van der Waals surface area contributed by atoms with Gasteiger partial charge in [-0.3, -0.25) is 4.90 Å². The lowest BCUT2D eigenvalue weighted by Gasteiger charge is -2.43. The van der Waals surface area contributed by atoms with E-state index in [1.807, 2.05) is 0 Å². The molecule has 3 nitrogen and oxygen atoms in total. The van der Waals surface area contributed by atoms with Gasteiger partial charge >= 0.3 is 0 Å². The first kappa shape index (κ1) is 13.1. The minimum atomic E-state index is 0.448. The summed E-state index contributed by atoms with van der Waals surface area (Å²) in [6.45, 7) is 3.90. The van der Waals surface area contributed by atoms with E-state index in [2.05, 4.69) is 41.5 Å². The van der Waals surface area contributed by atoms with E-state index >= 15 is 0 Å². The van der Waals surface area contributed by atoms with Crippen LogP contribution >= 0.6 is 0 Å². The quantitative estimate of drug-likeness (QED) is 0.903. The van der Waals surface area contributed by atoms with Gasteiger partial charge in [0, 0.05) is 12.6 Å². The van der Waals surface area contributed by atoms with E-state index in [0.29, 0.717) is 12.1 Å². The summed E-state index contributed by atoms with van der Waals surface area (Å²) in [4.78, 5) is 2.66. The summed E-state index contributed by atoms with van der Waals surface area (Å²) >= 11 is 0. The highest BCUT2D eigenvalue weighted by Crippen LogP contribution is 2.33. The Balaban J connectivity index is 1.84. The van der Waals surface area contributed by atoms with Crippen molar-refractivity contribution in [3.05, 3.63) is 35.4 Å². The Hall–Kier alpha value is -0.900. The number of likely N-dealkylation sites (N-methyl/N-ethyl adjacent to an activating group) is 1. The number of ether oxygens (including phenoxy) is 1. The van der Waals surface area contributed by atoms with E-state index in [0.717, 1.165) is 19.8 Å². The molecule has 1 fully saturated rings. The van der Waals surface area contributed by atoms with Crippen molar-refractivity contribution in [3.8, 4) is 0 Å². The normalized spacial score (nSPS) is 28.1. The summed E-state index contributed by atoms with van der Waals surface area (Å²) in [5, 5.41) is 3.35. The zero-order valence-corrected chi connectivity index (χ0v) is 11.8. The molecule has 19 heavy (non-hydrogen) atoms. The van der Waals surface area contributed by atoms with Crippen molar-refractivity contribution in [2.24, 2.45) is 0 Å². The number of benzene rings is 1. The van der Waals surface area contributed by atoms with Crippen LogP contribution in [-0.4, -0.2) is 37.7 Å². The summed E-state index contributed by atoms with van der Waals surface area (Å²) in [5.74, 6) is 0. The van der Waals surface area contributed by atoms with Gasteiger partial charge in [-0.1, -0.05) is 30.7 Å². The van der Waals surface area contributed by atoms with Crippen molar-refractivity contribution in [3.63, 3.8) is 0 Å². The molecule has 0 bridgehead atoms. The Labute approximate surface area is 115 Å². The second-order valence-corrected chi connectivity index (χ2v) is 5.67. The molecule has 3 rings (SSSR count). The first-order valence-corrected chi connectivity index (χ1v) is 7.46. The smallest absolute Gasteiger partial charge is 0.0721 e. The molecule has 0 radical (unpaired) electrons. The predicted molar refractivity (Wildman–Crippen MR) is 77.1 cm³/mol. The number of nitrogens with one attached hydrogen (secondary N) is 1. The fourth-order valence-corrected chi connectivity index (χ4v) is 3.52. The summed E-state index contributed by atoms with van der Waals surface area (Å²) in [6, 6.07) is 9.87. The Morgan fingerprint density at radius 3 is 3.11 bits per heavy atom. The van der Waals surface area contributed by atoms with Gasteiger partial charge in [-0.2, -0.15) is 0 Å². The third-order valence-electron chi connectivity index (χ3n) is 4.46. The number of likely N-dealkylation sites (tertiary alicyclic amines) is 1. The van der Waals surface area contributed by atoms with E-state index in [4.69, 9.17) is 4.74 Å². The Morgan fingerprint density at radius 1 is 1.32 bits per heavy atom. The molecular weight excluding hydrogens is 236 g/mol. The van der Waals surface area contributed by atoms with Crippen molar-refractivity contribution in [2.45, 2.75) is 38.0 Å². The molecule has 2 atom stereocenters. The van der Waals surface area contributed by atoms with Gasteiger partial charge in [0.2, 0.25) is 0 Å². The van der Waals surface area contributed by atoms with Crippen molar-refractivity contribution >= 4 is 0 Å². The fraction of sp³-hybridized carbons (Fsp3) is 0.625. The van der Waals surface area contributed by atoms with Gasteiger partial charge in [-0.05, 0) is 37.6 Å². The maximum atomic E-state index is 5.83. The van der Waals surface area contributed by atoms with Gasteiger partial charge in [-0.15, -0.1) is 0 Å². The minimum Gasteiger partial charge on any atom is -0.375 e. The van der Waals surface area contributed by atoms with Crippen LogP contribution in [0.25, 0.3) is 0 Å². The molecule has 0 aliphatic carbocycles. The molecular formula is C16H24N2O. The average Bonchev–Trinajstić information content (AvgIpc) is 2.48. The monoisotopic (exact) mass is 260 g/mol. The van der Waals surface area contributed by atoms with Crippen LogP contribution in [0.1, 0.15) is 36.4 Å². The topological polar surface area (TPSA) is 24.5 Å². The zero-order valence-electron chi connectivity index (χ0n) is 11.8. The van der Waals surface area contributed by atoms with Crippen LogP contribution in [0, 0.1) is 0 Å². The number of piperidine rings is 1. The summed E-state index contributed by atoms with van der Waals surface area (Å²) < 4.78 is 5.83. The van der Waals surface area contributed by atoms with Crippen LogP contribution in [0.5, 0.6) is 0 Å². The summed E-state index contributed by atoms with van der Waals surface area (Å²) in [5.41, 5.74) is 2.85. The van der Waals surface area contributed by atoms with E-state index in [1.165, 1.54) is 36.9 Å². The fourth-order valence-electron chi connectivity index (χ4n) is 3.52. The first-order chi connectivity index (χ1) is 9.40. The average molecular weight is 260 g/mol. The SMILES string of the molecule is CNCC1CCCCN1C1COCc2ccccc21. The molecule has 1 aromatic carbocycles. The number of nitrogens with zero attached hydrogens (tertiary/aromatic N) is 1. The van der Waals surface area contributed by atoms with Crippen molar-refractivity contribution in [1.29, 1.82) is 0 Å². The van der Waals surface area contributed by atoms with Crippen LogP contribution in [0.15, 0.2) is 24.3 Å². The highest BCUT2D eigenvalue weighted by molar-refractivity contribution is 5.31. The lowest BCUT2D eigenvalue weighted by molar-refractivity contribution is 0.00163. The lowest BCUT2D eigenvalue weighted by atomic mass is 9.93. The number of rotatable bonds is 3. The van der Waals surface area contributed by atoms with Crippen molar-refractivity contribution in [1.82, 2.24) is 10.2 Å². The van der Waals surface area contributed by atoms with Crippen LogP contribution in [-0.2, 0) is 11.3 Å². The van der Waals surface area contributed by atoms with Gasteiger partial charge in [-0.25, -0.2) is 0 Å². The summed E-state index contributed by atoms with van der Waals surface area (Å²) in [6.07, 6.45) is 3.98. The largest absolute Gasteiger partial charge is 0.375 e. The van der Waals surface area contributed by atoms with Crippen molar-refractivity contribution < 1.29 is 4.74 Å². The highest BCUT2D eigenvalue weighted by atomic mass is 16.5. The number of fused-ring (bicyclic) bond motifs is 1. The zero-order chi connectivity index (χ0) is 13.1. The second kappa shape index (κ2) is 6.04. The van der Waals surface area contributed by atoms with Gasteiger partial charge in [0.1, 0.15) is 0 Å². The molecule has 2 unspecified atom stereocenters. The molecule has 2 aliphatic rings. The van der Waals surface area contributed by atoms with E-state index in [1.54, 1.807) is 0 Å². The molecule has 0 saturated carbocycles. The van der Waals surface area contributed by atoms with Gasteiger partial charge < -0.3 is 10.1 Å². The van der Waals surface area contributed by atoms with Crippen LogP contribution < -0.4 is 5.32 Å². The molecule has 1 saturated heterocycles. The third kappa shape index (κ3) is 2.69. The molecule has 0 spiro atoms. The minimum absolute atomic E-state index is 0.448. The standard InChI is InChI=1S/C16H24N2O/c1-17-10-14-7-4-5-9-18(14)16-12-19-11-13-6-2-3-8-15(13)16/h2-3,6,8,14,16-17H,4-5,7,9-12H2,1H3. The molecule has 1 aromatic rings. The van der Waals surface area contributed by atoms with Crippen molar-refractivity contribution in [2.75, 3.05) is 26.7 Å². The van der Waals surface area contributed by atoms with Crippen LogP contribution in [0.4, 0.5) is 0 Å². The van der Waals surface area contributed by atoms with E-state index in [-0.39, 0.29) is 0 Å². The maximum Gasteiger partial charge on any atom is 0.0721 e. The summed E-state index contributed by atoms with van der Waals surface area (Å²) in [7, 11) is 2.05. The van der Waals surface area contributed by atoms with Gasteiger partial charge in [0.05, 0.1) is 19.3 Å². The molecule has 3 heteroatoms. The predicted octanol–water partition coefficient (Wildman–Crippen LogP) is 2.33. The molecule has 0 aromatic heterocycles. The first-order valence-electron chi connectivity index (χ1n) is 7.46. The highest BCUT2D eigenvalue weighted by Gasteiger charge is 2.32. The van der Waals surface area contributed by atoms with E-state index < -0.39 is 0 Å². The lowest BCUT2D eigenvalue weighted by Crippen LogP contribution is -2.48. The number of hydrogen-bond acceptors (Lipinski definition) is 3. The second-order valence-electron chi connectivity index (χ2n) is 5.67. The molecule has 2 heterocycles. The molecule has 1 N–H and O–H groups in total. The Bertz CT molecular complexity index is 419.